The van der Waals surface area contributed by atoms with Crippen LogP contribution in [0.25, 0.3) is 6.08 Å². The minimum absolute atomic E-state index is 0.401. The highest BCUT2D eigenvalue weighted by atomic mass is 32.2. The molecule has 2 N–H and O–H groups in total. The zero-order chi connectivity index (χ0) is 18.3. The number of nitrogens with zero attached hydrogens (tertiary/aromatic N) is 2. The highest BCUT2D eigenvalue weighted by Gasteiger charge is 2.14. The van der Waals surface area contributed by atoms with Gasteiger partial charge in [-0.3, -0.25) is 9.36 Å². The zero-order valence-corrected chi connectivity index (χ0v) is 16.8. The molecular formula is C18H25N3O2SSi. The molecule has 0 unspecified atom stereocenters. The maximum absolute atomic E-state index is 11.0. The fraction of sp³-hybridized carbons (Fsp3) is 0.333. The van der Waals surface area contributed by atoms with Crippen LogP contribution in [0.3, 0.4) is 0 Å². The lowest BCUT2D eigenvalue weighted by atomic mass is 10.4. The second kappa shape index (κ2) is 9.03. The second-order valence-corrected chi connectivity index (χ2v) is 13.6. The van der Waals surface area contributed by atoms with Crippen LogP contribution in [0.5, 0.6) is 0 Å². The van der Waals surface area contributed by atoms with Crippen molar-refractivity contribution < 1.29 is 9.53 Å². The summed E-state index contributed by atoms with van der Waals surface area (Å²) in [6.45, 7) is 8.10. The summed E-state index contributed by atoms with van der Waals surface area (Å²) in [4.78, 5) is 16.6. The Labute approximate surface area is 154 Å². The Hall–Kier alpha value is -1.83. The Morgan fingerprint density at radius 1 is 1.32 bits per heavy atom. The minimum Gasteiger partial charge on any atom is -0.366 e. The number of hydrogen-bond acceptors (Lipinski definition) is 4. The van der Waals surface area contributed by atoms with Gasteiger partial charge in [0, 0.05) is 25.7 Å². The average Bonchev–Trinajstić information content (AvgIpc) is 2.91. The Bertz CT molecular complexity index is 724. The first-order chi connectivity index (χ1) is 11.8. The summed E-state index contributed by atoms with van der Waals surface area (Å²) in [7, 11) is -1.13. The Balaban J connectivity index is 2.13. The molecule has 0 saturated heterocycles. The third kappa shape index (κ3) is 6.89. The quantitative estimate of drug-likeness (QED) is 0.411. The summed E-state index contributed by atoms with van der Waals surface area (Å²) in [5.74, 6) is -0.482. The Kier molecular flexibility index (Phi) is 7.04. The molecule has 0 atom stereocenters. The molecule has 0 fully saturated rings. The van der Waals surface area contributed by atoms with Crippen molar-refractivity contribution in [1.82, 2.24) is 9.55 Å². The van der Waals surface area contributed by atoms with Gasteiger partial charge in [0.25, 0.3) is 0 Å². The minimum atomic E-state index is -1.13. The maximum atomic E-state index is 11.0. The molecule has 25 heavy (non-hydrogen) atoms. The van der Waals surface area contributed by atoms with Gasteiger partial charge in [0.05, 0.1) is 11.9 Å². The van der Waals surface area contributed by atoms with Crippen molar-refractivity contribution in [2.75, 3.05) is 6.61 Å². The van der Waals surface area contributed by atoms with E-state index in [1.165, 1.54) is 6.08 Å². The van der Waals surface area contributed by atoms with E-state index in [-0.39, 0.29) is 0 Å². The van der Waals surface area contributed by atoms with Crippen molar-refractivity contribution in [2.24, 2.45) is 5.73 Å². The molecule has 0 spiro atoms. The molecule has 2 rings (SSSR count). The summed E-state index contributed by atoms with van der Waals surface area (Å²) in [5.41, 5.74) is 6.00. The first kappa shape index (κ1) is 19.5. The van der Waals surface area contributed by atoms with E-state index < -0.39 is 14.0 Å². The number of aromatic nitrogens is 2. The molecule has 0 aliphatic carbocycles. The summed E-state index contributed by atoms with van der Waals surface area (Å²) in [6, 6.07) is 11.2. The molecule has 7 heteroatoms. The van der Waals surface area contributed by atoms with E-state index in [1.807, 2.05) is 34.9 Å². The van der Waals surface area contributed by atoms with Crippen LogP contribution in [0.4, 0.5) is 0 Å². The summed E-state index contributed by atoms with van der Waals surface area (Å²) in [5, 5.41) is 0.823. The summed E-state index contributed by atoms with van der Waals surface area (Å²) >= 11 is 1.56. The van der Waals surface area contributed by atoms with E-state index in [0.717, 1.165) is 28.4 Å². The number of benzene rings is 1. The monoisotopic (exact) mass is 375 g/mol. The molecule has 0 bridgehead atoms. The normalized spacial score (nSPS) is 12.0. The van der Waals surface area contributed by atoms with Crippen LogP contribution in [-0.2, 0) is 16.3 Å². The fourth-order valence-electron chi connectivity index (χ4n) is 2.01. The number of rotatable bonds is 9. The molecule has 2 aromatic rings. The summed E-state index contributed by atoms with van der Waals surface area (Å²) < 4.78 is 7.83. The zero-order valence-electron chi connectivity index (χ0n) is 14.9. The summed E-state index contributed by atoms with van der Waals surface area (Å²) in [6.07, 6.45) is 4.74. The van der Waals surface area contributed by atoms with Gasteiger partial charge in [0.1, 0.15) is 6.73 Å². The average molecular weight is 376 g/mol. The predicted octanol–water partition coefficient (Wildman–Crippen LogP) is 3.85. The molecule has 5 nitrogen and oxygen atoms in total. The largest absolute Gasteiger partial charge is 0.366 e. The van der Waals surface area contributed by atoms with E-state index in [9.17, 15) is 4.79 Å². The molecule has 1 aromatic carbocycles. The predicted molar refractivity (Wildman–Crippen MR) is 105 cm³/mol. The third-order valence-corrected chi connectivity index (χ3v) is 6.16. The second-order valence-electron chi connectivity index (χ2n) is 6.89. The molecule has 1 aromatic heterocycles. The Morgan fingerprint density at radius 2 is 2.04 bits per heavy atom. The van der Waals surface area contributed by atoms with Crippen LogP contribution in [0, 0.1) is 0 Å². The van der Waals surface area contributed by atoms with Crippen molar-refractivity contribution in [3.63, 3.8) is 0 Å². The van der Waals surface area contributed by atoms with E-state index in [0.29, 0.717) is 6.73 Å². The van der Waals surface area contributed by atoms with Crippen molar-refractivity contribution in [3.05, 3.63) is 48.3 Å². The van der Waals surface area contributed by atoms with E-state index in [4.69, 9.17) is 10.5 Å². The van der Waals surface area contributed by atoms with Crippen molar-refractivity contribution in [3.8, 4) is 0 Å². The van der Waals surface area contributed by atoms with Crippen LogP contribution in [0.15, 0.2) is 52.7 Å². The van der Waals surface area contributed by atoms with Gasteiger partial charge in [0.15, 0.2) is 5.16 Å². The number of amides is 1. The highest BCUT2D eigenvalue weighted by molar-refractivity contribution is 7.99. The van der Waals surface area contributed by atoms with Crippen molar-refractivity contribution >= 4 is 31.8 Å². The van der Waals surface area contributed by atoms with Crippen LogP contribution in [0.1, 0.15) is 5.69 Å². The van der Waals surface area contributed by atoms with E-state index >= 15 is 0 Å². The SMILES string of the molecule is C[Si](C)(C)CCOCn1c(/C=C/C(N)=O)cnc1Sc1ccccc1. The van der Waals surface area contributed by atoms with Crippen molar-refractivity contribution in [2.45, 2.75) is 42.5 Å². The molecule has 1 amide bonds. The molecule has 134 valence electrons. The van der Waals surface area contributed by atoms with Gasteiger partial charge in [-0.15, -0.1) is 0 Å². The molecule has 0 aliphatic heterocycles. The van der Waals surface area contributed by atoms with Gasteiger partial charge in [0.2, 0.25) is 5.91 Å². The lowest BCUT2D eigenvalue weighted by Gasteiger charge is -2.16. The standard InChI is InChI=1S/C18H25N3O2SSi/c1-25(2,3)12-11-23-14-21-15(9-10-17(19)22)13-20-18(21)24-16-7-5-4-6-8-16/h4-10,13H,11-12,14H2,1-3H3,(H2,19,22)/b10-9+. The van der Waals surface area contributed by atoms with Crippen LogP contribution in [-0.4, -0.2) is 30.1 Å². The fourth-order valence-corrected chi connectivity index (χ4v) is 3.65. The van der Waals surface area contributed by atoms with E-state index in [1.54, 1.807) is 24.0 Å². The molecule has 1 heterocycles. The first-order valence-corrected chi connectivity index (χ1v) is 12.7. The number of ether oxygens (including phenoxy) is 1. The van der Waals surface area contributed by atoms with Crippen LogP contribution in [0.2, 0.25) is 25.7 Å². The highest BCUT2D eigenvalue weighted by Crippen LogP contribution is 2.27. The van der Waals surface area contributed by atoms with Crippen molar-refractivity contribution in [1.29, 1.82) is 0 Å². The van der Waals surface area contributed by atoms with Gasteiger partial charge in [-0.2, -0.15) is 0 Å². The number of imidazole rings is 1. The molecular weight excluding hydrogens is 350 g/mol. The number of carbonyl (C=O) groups is 1. The van der Waals surface area contributed by atoms with E-state index in [2.05, 4.69) is 24.6 Å². The number of nitrogens with two attached hydrogens (primary N) is 1. The molecule has 0 radical (unpaired) electrons. The van der Waals surface area contributed by atoms with Gasteiger partial charge in [-0.05, 0) is 24.3 Å². The van der Waals surface area contributed by atoms with Gasteiger partial charge < -0.3 is 10.5 Å². The first-order valence-electron chi connectivity index (χ1n) is 8.19. The van der Waals surface area contributed by atoms with Crippen LogP contribution >= 0.6 is 11.8 Å². The number of carbonyl (C=O) groups excluding carboxylic acids is 1. The van der Waals surface area contributed by atoms with Gasteiger partial charge in [-0.1, -0.05) is 49.6 Å². The smallest absolute Gasteiger partial charge is 0.241 e. The third-order valence-electron chi connectivity index (χ3n) is 3.44. The lowest BCUT2D eigenvalue weighted by molar-refractivity contribution is -0.113. The van der Waals surface area contributed by atoms with Gasteiger partial charge in [-0.25, -0.2) is 4.98 Å². The van der Waals surface area contributed by atoms with Crippen LogP contribution < -0.4 is 5.73 Å². The molecule has 0 aliphatic rings. The number of hydrogen-bond donors (Lipinski definition) is 1. The maximum Gasteiger partial charge on any atom is 0.241 e. The lowest BCUT2D eigenvalue weighted by Crippen LogP contribution is -2.22. The number of primary amides is 1. The topological polar surface area (TPSA) is 70.1 Å². The Morgan fingerprint density at radius 3 is 2.68 bits per heavy atom. The van der Waals surface area contributed by atoms with Gasteiger partial charge >= 0.3 is 0 Å². The molecule has 0 saturated carbocycles.